The van der Waals surface area contributed by atoms with Gasteiger partial charge in [-0.05, 0) is 19.9 Å². The summed E-state index contributed by atoms with van der Waals surface area (Å²) in [6.45, 7) is 4.13. The van der Waals surface area contributed by atoms with Crippen molar-refractivity contribution < 1.29 is 0 Å². The number of thiazole rings is 1. The van der Waals surface area contributed by atoms with Crippen LogP contribution in [0.25, 0.3) is 11.0 Å². The van der Waals surface area contributed by atoms with Gasteiger partial charge in [0, 0.05) is 17.3 Å². The van der Waals surface area contributed by atoms with E-state index in [0.717, 1.165) is 16.0 Å². The van der Waals surface area contributed by atoms with Crippen LogP contribution in [-0.2, 0) is 0 Å². The molecule has 18 heavy (non-hydrogen) atoms. The van der Waals surface area contributed by atoms with Gasteiger partial charge in [-0.25, -0.2) is 9.97 Å². The number of nitrogens with zero attached hydrogens (tertiary/aromatic N) is 4. The topological polar surface area (TPSA) is 69.6 Å². The molecule has 0 fully saturated rings. The highest BCUT2D eigenvalue weighted by Gasteiger charge is 2.17. The molecule has 5 nitrogen and oxygen atoms in total. The number of aromatic nitrogens is 4. The van der Waals surface area contributed by atoms with E-state index >= 15 is 0 Å². The van der Waals surface area contributed by atoms with E-state index in [-0.39, 0.29) is 6.04 Å². The zero-order valence-corrected chi connectivity index (χ0v) is 11.0. The van der Waals surface area contributed by atoms with Crippen molar-refractivity contribution in [3.05, 3.63) is 34.5 Å². The average Bonchev–Trinajstić information content (AvgIpc) is 2.91. The van der Waals surface area contributed by atoms with Crippen LogP contribution >= 0.6 is 11.3 Å². The molecule has 0 aliphatic rings. The van der Waals surface area contributed by atoms with Gasteiger partial charge in [0.2, 0.25) is 5.95 Å². The van der Waals surface area contributed by atoms with E-state index in [4.69, 9.17) is 5.73 Å². The molecule has 3 heterocycles. The Balaban J connectivity index is 2.16. The quantitative estimate of drug-likeness (QED) is 0.767. The summed E-state index contributed by atoms with van der Waals surface area (Å²) in [5.41, 5.74) is 7.80. The number of hydrogen-bond acceptors (Lipinski definition) is 5. The predicted octanol–water partition coefficient (Wildman–Crippen LogP) is 2.39. The maximum Gasteiger partial charge on any atom is 0.201 e. The minimum Gasteiger partial charge on any atom is -0.369 e. The molecule has 3 rings (SSSR count). The van der Waals surface area contributed by atoms with Crippen LogP contribution in [0.15, 0.2) is 24.7 Å². The molecule has 0 spiro atoms. The van der Waals surface area contributed by atoms with Crippen molar-refractivity contribution in [1.82, 2.24) is 19.5 Å². The van der Waals surface area contributed by atoms with Crippen molar-refractivity contribution in [1.29, 1.82) is 0 Å². The highest BCUT2D eigenvalue weighted by molar-refractivity contribution is 7.11. The highest BCUT2D eigenvalue weighted by Crippen LogP contribution is 2.28. The number of aryl methyl sites for hydroxylation is 1. The van der Waals surface area contributed by atoms with Crippen LogP contribution in [0.2, 0.25) is 0 Å². The summed E-state index contributed by atoms with van der Waals surface area (Å²) < 4.78 is 2.00. The summed E-state index contributed by atoms with van der Waals surface area (Å²) >= 11 is 1.68. The van der Waals surface area contributed by atoms with Gasteiger partial charge < -0.3 is 10.3 Å². The molecule has 0 bridgehead atoms. The second-order valence-corrected chi connectivity index (χ2v) is 5.46. The first-order valence-corrected chi connectivity index (χ1v) is 6.48. The standard InChI is InChI=1S/C12H13N5S/c1-7-5-15-11(18-7)8(2)17-10-3-4-14-6-9(10)16-12(17)13/h3-6,8H,1-2H3,(H2,13,16). The Hall–Kier alpha value is -1.95. The third-order valence-corrected chi connectivity index (χ3v) is 3.99. The van der Waals surface area contributed by atoms with Crippen molar-refractivity contribution in [2.75, 3.05) is 5.73 Å². The fraction of sp³-hybridized carbons (Fsp3) is 0.250. The molecule has 0 aliphatic carbocycles. The van der Waals surface area contributed by atoms with Crippen LogP contribution in [-0.4, -0.2) is 19.5 Å². The van der Waals surface area contributed by atoms with Crippen LogP contribution in [0.5, 0.6) is 0 Å². The number of imidazole rings is 1. The number of nitrogens with two attached hydrogens (primary N) is 1. The van der Waals surface area contributed by atoms with E-state index in [2.05, 4.69) is 21.9 Å². The van der Waals surface area contributed by atoms with E-state index in [1.54, 1.807) is 23.7 Å². The molecule has 0 aliphatic heterocycles. The van der Waals surface area contributed by atoms with Crippen LogP contribution < -0.4 is 5.73 Å². The molecule has 1 atom stereocenters. The van der Waals surface area contributed by atoms with Crippen molar-refractivity contribution in [2.24, 2.45) is 0 Å². The molecule has 0 saturated carbocycles. The Morgan fingerprint density at radius 2 is 2.22 bits per heavy atom. The number of nitrogen functional groups attached to an aromatic ring is 1. The minimum absolute atomic E-state index is 0.0797. The molecule has 1 unspecified atom stereocenters. The highest BCUT2D eigenvalue weighted by atomic mass is 32.1. The van der Waals surface area contributed by atoms with Crippen molar-refractivity contribution >= 4 is 28.3 Å². The molecule has 0 radical (unpaired) electrons. The fourth-order valence-corrected chi connectivity index (χ4v) is 2.87. The van der Waals surface area contributed by atoms with Crippen LogP contribution in [0.4, 0.5) is 5.95 Å². The number of hydrogen-bond donors (Lipinski definition) is 1. The molecular formula is C12H13N5S. The average molecular weight is 259 g/mol. The molecule has 3 aromatic rings. The van der Waals surface area contributed by atoms with Gasteiger partial charge in [-0.2, -0.15) is 0 Å². The van der Waals surface area contributed by atoms with Crippen molar-refractivity contribution in [2.45, 2.75) is 19.9 Å². The number of anilines is 1. The summed E-state index contributed by atoms with van der Waals surface area (Å²) in [6, 6.07) is 2.01. The molecule has 0 saturated heterocycles. The fourth-order valence-electron chi connectivity index (χ4n) is 2.05. The molecule has 0 aromatic carbocycles. The first kappa shape index (κ1) is 11.2. The zero-order chi connectivity index (χ0) is 12.7. The molecular weight excluding hydrogens is 246 g/mol. The lowest BCUT2D eigenvalue weighted by atomic mass is 10.3. The van der Waals surface area contributed by atoms with Gasteiger partial charge in [-0.3, -0.25) is 4.98 Å². The van der Waals surface area contributed by atoms with Gasteiger partial charge in [0.25, 0.3) is 0 Å². The normalized spacial score (nSPS) is 13.0. The lowest BCUT2D eigenvalue weighted by Crippen LogP contribution is -2.09. The van der Waals surface area contributed by atoms with Crippen molar-refractivity contribution in [3.63, 3.8) is 0 Å². The summed E-state index contributed by atoms with van der Waals surface area (Å²) in [6.07, 6.45) is 5.36. The Kier molecular flexibility index (Phi) is 2.52. The maximum absolute atomic E-state index is 6.00. The number of pyridine rings is 1. The second kappa shape index (κ2) is 4.06. The molecule has 6 heteroatoms. The van der Waals surface area contributed by atoms with Gasteiger partial charge in [0.15, 0.2) is 0 Å². The third kappa shape index (κ3) is 1.65. The third-order valence-electron chi connectivity index (χ3n) is 2.90. The summed E-state index contributed by atoms with van der Waals surface area (Å²) in [5.74, 6) is 0.498. The van der Waals surface area contributed by atoms with E-state index in [1.807, 2.05) is 23.8 Å². The molecule has 3 aromatic heterocycles. The predicted molar refractivity (Wildman–Crippen MR) is 72.6 cm³/mol. The second-order valence-electron chi connectivity index (χ2n) is 4.19. The van der Waals surface area contributed by atoms with Crippen molar-refractivity contribution in [3.8, 4) is 0 Å². The summed E-state index contributed by atoms with van der Waals surface area (Å²) in [5, 5.41) is 1.04. The van der Waals surface area contributed by atoms with Gasteiger partial charge in [-0.1, -0.05) is 0 Å². The summed E-state index contributed by atoms with van der Waals surface area (Å²) in [4.78, 5) is 14.0. The van der Waals surface area contributed by atoms with E-state index < -0.39 is 0 Å². The van der Waals surface area contributed by atoms with Gasteiger partial charge in [0.05, 0.1) is 17.8 Å². The first-order chi connectivity index (χ1) is 8.66. The summed E-state index contributed by atoms with van der Waals surface area (Å²) in [7, 11) is 0. The Morgan fingerprint density at radius 3 is 2.94 bits per heavy atom. The van der Waals surface area contributed by atoms with Crippen LogP contribution in [0.3, 0.4) is 0 Å². The first-order valence-electron chi connectivity index (χ1n) is 5.66. The SMILES string of the molecule is Cc1cnc(C(C)n2c(N)nc3cnccc32)s1. The Labute approximate surface area is 108 Å². The largest absolute Gasteiger partial charge is 0.369 e. The van der Waals surface area contributed by atoms with E-state index in [9.17, 15) is 0 Å². The zero-order valence-electron chi connectivity index (χ0n) is 10.2. The number of rotatable bonds is 2. The van der Waals surface area contributed by atoms with Gasteiger partial charge in [0.1, 0.15) is 10.5 Å². The maximum atomic E-state index is 6.00. The number of fused-ring (bicyclic) bond motifs is 1. The van der Waals surface area contributed by atoms with Crippen LogP contribution in [0, 0.1) is 6.92 Å². The molecule has 0 amide bonds. The van der Waals surface area contributed by atoms with Gasteiger partial charge >= 0.3 is 0 Å². The van der Waals surface area contributed by atoms with E-state index in [0.29, 0.717) is 5.95 Å². The molecule has 2 N–H and O–H groups in total. The van der Waals surface area contributed by atoms with Gasteiger partial charge in [-0.15, -0.1) is 11.3 Å². The lowest BCUT2D eigenvalue weighted by molar-refractivity contribution is 0.662. The van der Waals surface area contributed by atoms with E-state index in [1.165, 1.54) is 4.88 Å². The monoisotopic (exact) mass is 259 g/mol. The Bertz CT molecular complexity index is 699. The Morgan fingerprint density at radius 1 is 1.39 bits per heavy atom. The molecule has 92 valence electrons. The smallest absolute Gasteiger partial charge is 0.201 e. The minimum atomic E-state index is 0.0797. The lowest BCUT2D eigenvalue weighted by Gasteiger charge is -2.13. The van der Waals surface area contributed by atoms with Crippen LogP contribution in [0.1, 0.15) is 22.9 Å².